The number of carbonyl (C=O) groups is 1. The van der Waals surface area contributed by atoms with Crippen molar-refractivity contribution in [3.8, 4) is 16.9 Å². The Morgan fingerprint density at radius 1 is 0.920 bits per heavy atom. The average molecular weight is 555 g/mol. The Hall–Kier alpha value is -1.61. The van der Waals surface area contributed by atoms with Crippen LogP contribution >= 0.6 is 45.2 Å². The molecule has 0 aliphatic carbocycles. The summed E-state index contributed by atoms with van der Waals surface area (Å²) in [6, 6.07) is 19.5. The summed E-state index contributed by atoms with van der Waals surface area (Å²) in [5.74, 6) is -0.313. The van der Waals surface area contributed by atoms with Crippen LogP contribution in [0.1, 0.15) is 15.9 Å². The van der Waals surface area contributed by atoms with Crippen LogP contribution in [0, 0.1) is 14.1 Å². The number of aromatic hydroxyl groups is 1. The smallest absolute Gasteiger partial charge is 0.259 e. The molecule has 3 nitrogen and oxygen atoms in total. The second kappa shape index (κ2) is 7.74. The Balaban J connectivity index is 1.80. The number of halogens is 2. The first kappa shape index (κ1) is 18.2. The van der Waals surface area contributed by atoms with Gasteiger partial charge in [0.05, 0.1) is 9.13 Å². The number of carbonyl (C=O) groups excluding carboxylic acids is 1. The number of rotatable bonds is 3. The normalized spacial score (nSPS) is 10.5. The largest absolute Gasteiger partial charge is 0.506 e. The lowest BCUT2D eigenvalue weighted by atomic mass is 10.0. The number of benzene rings is 3. The summed E-state index contributed by atoms with van der Waals surface area (Å²) in [6.45, 7) is 2.06. The molecule has 0 unspecified atom stereocenters. The third kappa shape index (κ3) is 4.33. The van der Waals surface area contributed by atoms with E-state index in [-0.39, 0.29) is 17.2 Å². The van der Waals surface area contributed by atoms with Crippen LogP contribution in [-0.4, -0.2) is 11.0 Å². The SMILES string of the molecule is Cc1ccc(-c2ccc(NC(=O)c3cc(I)cc(I)c3O)cc2)cc1. The molecule has 0 saturated carbocycles. The van der Waals surface area contributed by atoms with Crippen molar-refractivity contribution in [2.75, 3.05) is 5.32 Å². The zero-order valence-electron chi connectivity index (χ0n) is 13.4. The van der Waals surface area contributed by atoms with Crippen molar-refractivity contribution in [3.05, 3.63) is 78.9 Å². The number of anilines is 1. The second-order valence-electron chi connectivity index (χ2n) is 5.68. The molecule has 5 heteroatoms. The number of aryl methyl sites for hydroxylation is 1. The van der Waals surface area contributed by atoms with Crippen molar-refractivity contribution in [2.24, 2.45) is 0 Å². The van der Waals surface area contributed by atoms with Gasteiger partial charge in [-0.2, -0.15) is 0 Å². The highest BCUT2D eigenvalue weighted by Gasteiger charge is 2.15. The summed E-state index contributed by atoms with van der Waals surface area (Å²) in [4.78, 5) is 12.5. The number of amides is 1. The topological polar surface area (TPSA) is 49.3 Å². The molecule has 0 spiro atoms. The standard InChI is InChI=1S/C20H15I2NO2/c1-12-2-4-13(5-3-12)14-6-8-16(9-7-14)23-20(25)17-10-15(21)11-18(22)19(17)24/h2-11,24H,1H3,(H,23,25). The van der Waals surface area contributed by atoms with Crippen LogP contribution < -0.4 is 5.32 Å². The summed E-state index contributed by atoms with van der Waals surface area (Å²) in [7, 11) is 0. The molecule has 3 aromatic carbocycles. The van der Waals surface area contributed by atoms with Crippen molar-refractivity contribution in [3.63, 3.8) is 0 Å². The molecule has 0 heterocycles. The number of hydrogen-bond acceptors (Lipinski definition) is 2. The van der Waals surface area contributed by atoms with Crippen LogP contribution in [0.15, 0.2) is 60.7 Å². The van der Waals surface area contributed by atoms with Crippen LogP contribution in [0.4, 0.5) is 5.69 Å². The number of hydrogen-bond donors (Lipinski definition) is 2. The molecule has 25 heavy (non-hydrogen) atoms. The molecule has 0 aromatic heterocycles. The van der Waals surface area contributed by atoms with E-state index in [2.05, 4.69) is 59.1 Å². The van der Waals surface area contributed by atoms with E-state index in [1.807, 2.05) is 52.9 Å². The molecule has 0 radical (unpaired) electrons. The highest BCUT2D eigenvalue weighted by atomic mass is 127. The Bertz CT molecular complexity index is 920. The molecule has 0 aliphatic rings. The van der Waals surface area contributed by atoms with Gasteiger partial charge in [0.2, 0.25) is 0 Å². The van der Waals surface area contributed by atoms with Crippen LogP contribution in [-0.2, 0) is 0 Å². The Labute approximate surface area is 173 Å². The fourth-order valence-corrected chi connectivity index (χ4v) is 4.27. The van der Waals surface area contributed by atoms with Gasteiger partial charge in [-0.25, -0.2) is 0 Å². The predicted molar refractivity (Wildman–Crippen MR) is 118 cm³/mol. The number of phenols is 1. The number of phenolic OH excluding ortho intramolecular Hbond substituents is 1. The fraction of sp³-hybridized carbons (Fsp3) is 0.0500. The Morgan fingerprint density at radius 2 is 1.48 bits per heavy atom. The van der Waals surface area contributed by atoms with Crippen molar-refractivity contribution >= 4 is 56.8 Å². The first-order chi connectivity index (χ1) is 11.9. The third-order valence-corrected chi connectivity index (χ3v) is 5.25. The second-order valence-corrected chi connectivity index (χ2v) is 8.09. The lowest BCUT2D eigenvalue weighted by Gasteiger charge is -2.10. The molecule has 0 aliphatic heterocycles. The molecule has 1 amide bonds. The molecular formula is C20H15I2NO2. The first-order valence-corrected chi connectivity index (χ1v) is 9.76. The van der Waals surface area contributed by atoms with Crippen molar-refractivity contribution in [1.82, 2.24) is 0 Å². The van der Waals surface area contributed by atoms with Gasteiger partial charge in [0, 0.05) is 9.26 Å². The van der Waals surface area contributed by atoms with E-state index < -0.39 is 0 Å². The minimum absolute atomic E-state index is 0.00907. The maximum atomic E-state index is 12.5. The minimum Gasteiger partial charge on any atom is -0.506 e. The molecule has 0 saturated heterocycles. The van der Waals surface area contributed by atoms with Crippen molar-refractivity contribution < 1.29 is 9.90 Å². The Morgan fingerprint density at radius 3 is 2.08 bits per heavy atom. The van der Waals surface area contributed by atoms with Gasteiger partial charge in [-0.1, -0.05) is 42.0 Å². The molecule has 0 bridgehead atoms. The third-order valence-electron chi connectivity index (χ3n) is 3.80. The highest BCUT2D eigenvalue weighted by molar-refractivity contribution is 14.1. The van der Waals surface area contributed by atoms with E-state index in [1.54, 1.807) is 6.07 Å². The lowest BCUT2D eigenvalue weighted by molar-refractivity contribution is 0.102. The summed E-state index contributed by atoms with van der Waals surface area (Å²) in [6.07, 6.45) is 0. The van der Waals surface area contributed by atoms with Gasteiger partial charge in [0.15, 0.2) is 0 Å². The van der Waals surface area contributed by atoms with E-state index in [0.29, 0.717) is 9.26 Å². The fourth-order valence-electron chi connectivity index (χ4n) is 2.43. The molecule has 126 valence electrons. The highest BCUT2D eigenvalue weighted by Crippen LogP contribution is 2.28. The summed E-state index contributed by atoms with van der Waals surface area (Å²) >= 11 is 4.15. The van der Waals surface area contributed by atoms with Gasteiger partial charge in [-0.15, -0.1) is 0 Å². The zero-order valence-corrected chi connectivity index (χ0v) is 17.7. The maximum absolute atomic E-state index is 12.5. The monoisotopic (exact) mass is 555 g/mol. The van der Waals surface area contributed by atoms with E-state index in [9.17, 15) is 9.90 Å². The van der Waals surface area contributed by atoms with Crippen LogP contribution in [0.5, 0.6) is 5.75 Å². The molecule has 2 N–H and O–H groups in total. The molecule has 0 atom stereocenters. The van der Waals surface area contributed by atoms with Gasteiger partial charge >= 0.3 is 0 Å². The van der Waals surface area contributed by atoms with Gasteiger partial charge in [-0.05, 0) is 87.5 Å². The predicted octanol–water partition coefficient (Wildman–Crippen LogP) is 5.83. The van der Waals surface area contributed by atoms with Crippen molar-refractivity contribution in [2.45, 2.75) is 6.92 Å². The van der Waals surface area contributed by atoms with Crippen LogP contribution in [0.2, 0.25) is 0 Å². The van der Waals surface area contributed by atoms with E-state index >= 15 is 0 Å². The summed E-state index contributed by atoms with van der Waals surface area (Å²) < 4.78 is 1.56. The van der Waals surface area contributed by atoms with Gasteiger partial charge in [0.25, 0.3) is 5.91 Å². The maximum Gasteiger partial charge on any atom is 0.259 e. The molecule has 3 rings (SSSR count). The van der Waals surface area contributed by atoms with Gasteiger partial charge in [-0.3, -0.25) is 4.79 Å². The molecular weight excluding hydrogens is 540 g/mol. The van der Waals surface area contributed by atoms with E-state index in [4.69, 9.17) is 0 Å². The summed E-state index contributed by atoms with van der Waals surface area (Å²) in [5, 5.41) is 12.9. The van der Waals surface area contributed by atoms with Crippen LogP contribution in [0.25, 0.3) is 11.1 Å². The summed E-state index contributed by atoms with van der Waals surface area (Å²) in [5.41, 5.74) is 4.41. The molecule has 3 aromatic rings. The lowest BCUT2D eigenvalue weighted by Crippen LogP contribution is -2.12. The van der Waals surface area contributed by atoms with E-state index in [1.165, 1.54) is 5.56 Å². The van der Waals surface area contributed by atoms with E-state index in [0.717, 1.165) is 14.7 Å². The van der Waals surface area contributed by atoms with Gasteiger partial charge < -0.3 is 10.4 Å². The quantitative estimate of drug-likeness (QED) is 0.400. The average Bonchev–Trinajstić information content (AvgIpc) is 2.59. The van der Waals surface area contributed by atoms with Gasteiger partial charge in [0.1, 0.15) is 5.75 Å². The molecule has 0 fully saturated rings. The first-order valence-electron chi connectivity index (χ1n) is 7.60. The minimum atomic E-state index is -0.322. The number of nitrogens with one attached hydrogen (secondary N) is 1. The Kier molecular flexibility index (Phi) is 5.63. The van der Waals surface area contributed by atoms with Crippen molar-refractivity contribution in [1.29, 1.82) is 0 Å². The zero-order chi connectivity index (χ0) is 18.0. The van der Waals surface area contributed by atoms with Crippen LogP contribution in [0.3, 0.4) is 0 Å².